The molecule has 27 heavy (non-hydrogen) atoms. The number of aromatic nitrogens is 1. The number of hydrogen-bond donors (Lipinski definition) is 2. The Labute approximate surface area is 167 Å². The number of halogens is 1. The molecule has 0 unspecified atom stereocenters. The van der Waals surface area contributed by atoms with E-state index in [-0.39, 0.29) is 0 Å². The van der Waals surface area contributed by atoms with E-state index < -0.39 is 0 Å². The Balaban J connectivity index is 1.63. The fourth-order valence-electron chi connectivity index (χ4n) is 2.62. The van der Waals surface area contributed by atoms with Gasteiger partial charge in [-0.15, -0.1) is 0 Å². The summed E-state index contributed by atoms with van der Waals surface area (Å²) in [6.45, 7) is 5.77. The van der Waals surface area contributed by atoms with Gasteiger partial charge in [-0.2, -0.15) is 0 Å². The van der Waals surface area contributed by atoms with Crippen LogP contribution in [0.25, 0.3) is 0 Å². The first-order chi connectivity index (χ1) is 13.1. The lowest BCUT2D eigenvalue weighted by molar-refractivity contribution is 0.392. The van der Waals surface area contributed by atoms with Gasteiger partial charge in [0.05, 0.1) is 18.5 Å². The predicted octanol–water partition coefficient (Wildman–Crippen LogP) is 4.13. The quantitative estimate of drug-likeness (QED) is 0.435. The molecule has 0 bridgehead atoms. The number of furan rings is 1. The molecule has 2 heterocycles. The Morgan fingerprint density at radius 2 is 1.96 bits per heavy atom. The predicted molar refractivity (Wildman–Crippen MR) is 109 cm³/mol. The molecule has 0 aliphatic rings. The first-order valence-corrected chi connectivity index (χ1v) is 9.62. The molecule has 3 aromatic rings. The number of aliphatic imine (C=N–C) groups is 1. The third-order valence-corrected chi connectivity index (χ3v) is 4.72. The Morgan fingerprint density at radius 1 is 1.15 bits per heavy atom. The molecule has 0 amide bonds. The zero-order valence-corrected chi connectivity index (χ0v) is 17.0. The summed E-state index contributed by atoms with van der Waals surface area (Å²) in [6, 6.07) is 12.0. The second kappa shape index (κ2) is 9.41. The van der Waals surface area contributed by atoms with Crippen molar-refractivity contribution in [2.75, 3.05) is 6.54 Å². The van der Waals surface area contributed by atoms with E-state index in [0.717, 1.165) is 51.7 Å². The van der Waals surface area contributed by atoms with Gasteiger partial charge in [0.15, 0.2) is 5.96 Å². The molecule has 0 aliphatic carbocycles. The Bertz CT molecular complexity index is 851. The van der Waals surface area contributed by atoms with Crippen LogP contribution in [0.3, 0.4) is 0 Å². The van der Waals surface area contributed by atoms with Gasteiger partial charge in [0.2, 0.25) is 0 Å². The largest absolute Gasteiger partial charge is 0.469 e. The first kappa shape index (κ1) is 19.2. The second-order valence-electron chi connectivity index (χ2n) is 6.20. The molecule has 2 N–H and O–H groups in total. The highest BCUT2D eigenvalue weighted by molar-refractivity contribution is 9.10. The van der Waals surface area contributed by atoms with E-state index in [9.17, 15) is 0 Å². The first-order valence-electron chi connectivity index (χ1n) is 8.82. The molecule has 0 atom stereocenters. The van der Waals surface area contributed by atoms with Crippen LogP contribution < -0.4 is 10.6 Å². The van der Waals surface area contributed by atoms with Crippen LogP contribution >= 0.6 is 15.9 Å². The van der Waals surface area contributed by atoms with Gasteiger partial charge in [0, 0.05) is 29.5 Å². The number of benzene rings is 1. The molecule has 6 nitrogen and oxygen atoms in total. The number of nitrogens with one attached hydrogen (secondary N) is 2. The lowest BCUT2D eigenvalue weighted by Crippen LogP contribution is -2.38. The van der Waals surface area contributed by atoms with Crippen LogP contribution in [0.2, 0.25) is 0 Å². The standard InChI is InChI=1S/C20H23BrN4O2/c1-14-19(15(2)27-25-14)13-24-20(22-10-9-18-4-3-11-26-18)23-12-16-5-7-17(21)8-6-16/h3-8,11H,9-10,12-13H2,1-2H3,(H2,22,23,24). The van der Waals surface area contributed by atoms with Crippen LogP contribution in [0.15, 0.2) is 61.1 Å². The molecule has 0 fully saturated rings. The molecular formula is C20H23BrN4O2. The summed E-state index contributed by atoms with van der Waals surface area (Å²) in [5, 5.41) is 10.7. The van der Waals surface area contributed by atoms with E-state index in [1.54, 1.807) is 6.26 Å². The molecule has 3 rings (SSSR count). The van der Waals surface area contributed by atoms with Crippen molar-refractivity contribution >= 4 is 21.9 Å². The molecule has 142 valence electrons. The minimum absolute atomic E-state index is 0.588. The number of guanidine groups is 1. The van der Waals surface area contributed by atoms with Gasteiger partial charge in [-0.25, -0.2) is 4.99 Å². The van der Waals surface area contributed by atoms with Gasteiger partial charge in [0.1, 0.15) is 11.5 Å². The van der Waals surface area contributed by atoms with E-state index in [2.05, 4.69) is 43.9 Å². The van der Waals surface area contributed by atoms with Crippen molar-refractivity contribution in [2.45, 2.75) is 33.4 Å². The molecule has 1 aromatic carbocycles. The van der Waals surface area contributed by atoms with Gasteiger partial charge < -0.3 is 19.6 Å². The maximum Gasteiger partial charge on any atom is 0.191 e. The fraction of sp³-hybridized carbons (Fsp3) is 0.300. The van der Waals surface area contributed by atoms with E-state index in [0.29, 0.717) is 13.1 Å². The fourth-order valence-corrected chi connectivity index (χ4v) is 2.88. The lowest BCUT2D eigenvalue weighted by atomic mass is 10.2. The van der Waals surface area contributed by atoms with Crippen molar-refractivity contribution in [3.8, 4) is 0 Å². The zero-order valence-electron chi connectivity index (χ0n) is 15.5. The van der Waals surface area contributed by atoms with Crippen molar-refractivity contribution in [3.63, 3.8) is 0 Å². The van der Waals surface area contributed by atoms with Crippen molar-refractivity contribution in [2.24, 2.45) is 4.99 Å². The highest BCUT2D eigenvalue weighted by atomic mass is 79.9. The molecule has 0 saturated carbocycles. The highest BCUT2D eigenvalue weighted by Gasteiger charge is 2.09. The van der Waals surface area contributed by atoms with Crippen LogP contribution in [0, 0.1) is 13.8 Å². The topological polar surface area (TPSA) is 75.6 Å². The minimum atomic E-state index is 0.588. The monoisotopic (exact) mass is 430 g/mol. The van der Waals surface area contributed by atoms with Crippen LogP contribution in [0.5, 0.6) is 0 Å². The Kier molecular flexibility index (Phi) is 6.70. The molecule has 0 spiro atoms. The summed E-state index contributed by atoms with van der Waals surface area (Å²) in [5.74, 6) is 2.51. The smallest absolute Gasteiger partial charge is 0.191 e. The molecule has 2 aromatic heterocycles. The van der Waals surface area contributed by atoms with Gasteiger partial charge in [-0.05, 0) is 43.7 Å². The van der Waals surface area contributed by atoms with Crippen molar-refractivity contribution < 1.29 is 8.94 Å². The molecular weight excluding hydrogens is 408 g/mol. The van der Waals surface area contributed by atoms with Crippen LogP contribution in [-0.2, 0) is 19.5 Å². The minimum Gasteiger partial charge on any atom is -0.469 e. The van der Waals surface area contributed by atoms with Crippen LogP contribution in [-0.4, -0.2) is 17.7 Å². The summed E-state index contributed by atoms with van der Waals surface area (Å²) in [7, 11) is 0. The van der Waals surface area contributed by atoms with Gasteiger partial charge in [-0.3, -0.25) is 0 Å². The summed E-state index contributed by atoms with van der Waals surface area (Å²) < 4.78 is 11.7. The number of hydrogen-bond acceptors (Lipinski definition) is 4. The van der Waals surface area contributed by atoms with Crippen molar-refractivity contribution in [3.05, 3.63) is 75.5 Å². The normalized spacial score (nSPS) is 11.6. The Hall–Kier alpha value is -2.54. The van der Waals surface area contributed by atoms with Gasteiger partial charge in [-0.1, -0.05) is 33.2 Å². The van der Waals surface area contributed by atoms with Gasteiger partial charge >= 0.3 is 0 Å². The Morgan fingerprint density at radius 3 is 2.63 bits per heavy atom. The van der Waals surface area contributed by atoms with Crippen LogP contribution in [0.1, 0.15) is 28.3 Å². The van der Waals surface area contributed by atoms with E-state index in [4.69, 9.17) is 13.9 Å². The SMILES string of the molecule is Cc1noc(C)c1CNC(=NCc1ccc(Br)cc1)NCCc1ccco1. The molecule has 0 saturated heterocycles. The summed E-state index contributed by atoms with van der Waals surface area (Å²) in [5.41, 5.74) is 3.09. The molecule has 7 heteroatoms. The maximum absolute atomic E-state index is 5.38. The average molecular weight is 431 g/mol. The maximum atomic E-state index is 5.38. The van der Waals surface area contributed by atoms with E-state index >= 15 is 0 Å². The van der Waals surface area contributed by atoms with E-state index in [1.807, 2.05) is 38.1 Å². The van der Waals surface area contributed by atoms with Crippen LogP contribution in [0.4, 0.5) is 0 Å². The highest BCUT2D eigenvalue weighted by Crippen LogP contribution is 2.12. The second-order valence-corrected chi connectivity index (χ2v) is 7.12. The van der Waals surface area contributed by atoms with Crippen molar-refractivity contribution in [1.29, 1.82) is 0 Å². The van der Waals surface area contributed by atoms with Crippen molar-refractivity contribution in [1.82, 2.24) is 15.8 Å². The lowest BCUT2D eigenvalue weighted by Gasteiger charge is -2.12. The zero-order chi connectivity index (χ0) is 19.1. The average Bonchev–Trinajstić information content (AvgIpc) is 3.29. The summed E-state index contributed by atoms with van der Waals surface area (Å²) in [6.07, 6.45) is 2.48. The summed E-state index contributed by atoms with van der Waals surface area (Å²) >= 11 is 3.45. The summed E-state index contributed by atoms with van der Waals surface area (Å²) in [4.78, 5) is 4.70. The molecule has 0 radical (unpaired) electrons. The number of nitrogens with zero attached hydrogens (tertiary/aromatic N) is 2. The third-order valence-electron chi connectivity index (χ3n) is 4.19. The van der Waals surface area contributed by atoms with Gasteiger partial charge in [0.25, 0.3) is 0 Å². The number of aryl methyl sites for hydroxylation is 2. The molecule has 0 aliphatic heterocycles. The third kappa shape index (κ3) is 5.72. The van der Waals surface area contributed by atoms with E-state index in [1.165, 1.54) is 0 Å². The number of rotatable bonds is 7.